The van der Waals surface area contributed by atoms with Crippen LogP contribution in [0.5, 0.6) is 0 Å². The molecule has 3 rings (SSSR count). The molecule has 0 aliphatic carbocycles. The number of likely N-dealkylation sites (tertiary alicyclic amines) is 1. The number of hydrogen-bond donors (Lipinski definition) is 1. The van der Waals surface area contributed by atoms with Gasteiger partial charge in [-0.25, -0.2) is 8.42 Å². The number of carboxylic acids is 1. The molecule has 9 heteroatoms. The summed E-state index contributed by atoms with van der Waals surface area (Å²) in [5, 5.41) is 10.8. The molecule has 1 saturated heterocycles. The molecule has 6 nitrogen and oxygen atoms in total. The van der Waals surface area contributed by atoms with Crippen molar-refractivity contribution < 1.29 is 23.1 Å². The third-order valence-corrected chi connectivity index (χ3v) is 11.1. The second-order valence-corrected chi connectivity index (χ2v) is 15.5. The van der Waals surface area contributed by atoms with Crippen molar-refractivity contribution in [1.29, 1.82) is 0 Å². The molecule has 0 spiro atoms. The van der Waals surface area contributed by atoms with Crippen LogP contribution in [0.4, 0.5) is 0 Å². The van der Waals surface area contributed by atoms with E-state index in [1.54, 1.807) is 50.8 Å². The van der Waals surface area contributed by atoms with Crippen LogP contribution in [0.25, 0.3) is 0 Å². The monoisotopic (exact) mass is 581 g/mol. The number of hydrogen-bond acceptors (Lipinski definition) is 4. The maximum atomic E-state index is 14.2. The van der Waals surface area contributed by atoms with Gasteiger partial charge < -0.3 is 10.0 Å². The van der Waals surface area contributed by atoms with E-state index in [1.165, 1.54) is 0 Å². The molecule has 1 heterocycles. The molecule has 38 heavy (non-hydrogen) atoms. The standard InChI is InChI=1S/C29H37Cl2NO5S/c1-18(17-38(36,37)28(3,4)5)19(2)32-26(20-10-12-22(30)13-11-20)24(21-8-7-9-23(31)14-21)15-29(6,27(32)35)16-25(33)34/h7-14,18-19,24,26H,15-17H2,1-6H3,(H,33,34). The maximum Gasteiger partial charge on any atom is 0.304 e. The number of nitrogens with zero attached hydrogens (tertiary/aromatic N) is 1. The van der Waals surface area contributed by atoms with Crippen LogP contribution in [0.3, 0.4) is 0 Å². The van der Waals surface area contributed by atoms with Gasteiger partial charge in [-0.3, -0.25) is 9.59 Å². The van der Waals surface area contributed by atoms with Crippen molar-refractivity contribution >= 4 is 44.9 Å². The summed E-state index contributed by atoms with van der Waals surface area (Å²) >= 11 is 12.6. The summed E-state index contributed by atoms with van der Waals surface area (Å²) in [4.78, 5) is 27.9. The number of benzene rings is 2. The number of carbonyl (C=O) groups excluding carboxylic acids is 1. The van der Waals surface area contributed by atoms with Gasteiger partial charge in [0.15, 0.2) is 9.84 Å². The molecule has 1 N–H and O–H groups in total. The van der Waals surface area contributed by atoms with Crippen LogP contribution in [-0.4, -0.2) is 46.8 Å². The average Bonchev–Trinajstić information content (AvgIpc) is 2.79. The van der Waals surface area contributed by atoms with Crippen LogP contribution >= 0.6 is 23.2 Å². The SMILES string of the molecule is CC(CS(=O)(=O)C(C)(C)C)C(C)N1C(=O)C(C)(CC(=O)O)CC(c2cccc(Cl)c2)C1c1ccc(Cl)cc1. The Labute approximate surface area is 236 Å². The topological polar surface area (TPSA) is 91.8 Å². The molecule has 1 fully saturated rings. The van der Waals surface area contributed by atoms with Crippen molar-refractivity contribution in [1.82, 2.24) is 4.90 Å². The Morgan fingerprint density at radius 1 is 1.08 bits per heavy atom. The summed E-state index contributed by atoms with van der Waals surface area (Å²) in [7, 11) is -3.47. The second kappa shape index (κ2) is 11.2. The Morgan fingerprint density at radius 3 is 2.21 bits per heavy atom. The molecule has 208 valence electrons. The van der Waals surface area contributed by atoms with Crippen molar-refractivity contribution in [2.24, 2.45) is 11.3 Å². The summed E-state index contributed by atoms with van der Waals surface area (Å²) in [6.07, 6.45) is -0.0439. The fraction of sp³-hybridized carbons (Fsp3) is 0.517. The van der Waals surface area contributed by atoms with Gasteiger partial charge in [0.1, 0.15) is 0 Å². The minimum Gasteiger partial charge on any atom is -0.481 e. The first-order valence-corrected chi connectivity index (χ1v) is 15.2. The maximum absolute atomic E-state index is 14.2. The highest BCUT2D eigenvalue weighted by atomic mass is 35.5. The molecular formula is C29H37Cl2NO5S. The van der Waals surface area contributed by atoms with Gasteiger partial charge >= 0.3 is 5.97 Å². The summed E-state index contributed by atoms with van der Waals surface area (Å²) in [6.45, 7) is 10.4. The quantitative estimate of drug-likeness (QED) is 0.371. The Hall–Kier alpha value is -2.09. The van der Waals surface area contributed by atoms with E-state index >= 15 is 0 Å². The summed E-state index contributed by atoms with van der Waals surface area (Å²) in [5.41, 5.74) is 0.523. The minimum absolute atomic E-state index is 0.105. The van der Waals surface area contributed by atoms with Gasteiger partial charge in [0.05, 0.1) is 28.4 Å². The first-order chi connectivity index (χ1) is 17.5. The molecule has 5 atom stereocenters. The molecule has 1 amide bonds. The van der Waals surface area contributed by atoms with Gasteiger partial charge in [-0.2, -0.15) is 0 Å². The predicted molar refractivity (Wildman–Crippen MR) is 152 cm³/mol. The molecule has 0 aromatic heterocycles. The Kier molecular flexibility index (Phi) is 8.96. The van der Waals surface area contributed by atoms with Crippen LogP contribution in [-0.2, 0) is 19.4 Å². The smallest absolute Gasteiger partial charge is 0.304 e. The van der Waals surface area contributed by atoms with E-state index < -0.39 is 44.0 Å². The lowest BCUT2D eigenvalue weighted by Gasteiger charge is -2.52. The van der Waals surface area contributed by atoms with Crippen molar-refractivity contribution in [3.63, 3.8) is 0 Å². The number of rotatable bonds is 8. The van der Waals surface area contributed by atoms with E-state index in [4.69, 9.17) is 23.2 Å². The molecule has 0 bridgehead atoms. The van der Waals surface area contributed by atoms with E-state index in [9.17, 15) is 23.1 Å². The third-order valence-electron chi connectivity index (χ3n) is 7.81. The molecule has 0 radical (unpaired) electrons. The molecule has 5 unspecified atom stereocenters. The van der Waals surface area contributed by atoms with Gasteiger partial charge in [0.25, 0.3) is 0 Å². The largest absolute Gasteiger partial charge is 0.481 e. The zero-order valence-electron chi connectivity index (χ0n) is 22.7. The van der Waals surface area contributed by atoms with Gasteiger partial charge in [0, 0.05) is 22.0 Å². The number of amides is 1. The van der Waals surface area contributed by atoms with Crippen molar-refractivity contribution in [3.8, 4) is 0 Å². The molecular weight excluding hydrogens is 545 g/mol. The summed E-state index contributed by atoms with van der Waals surface area (Å²) < 4.78 is 25.3. The summed E-state index contributed by atoms with van der Waals surface area (Å²) in [6, 6.07) is 13.7. The fourth-order valence-corrected chi connectivity index (χ4v) is 7.13. The zero-order chi connectivity index (χ0) is 28.6. The number of aliphatic carboxylic acids is 1. The van der Waals surface area contributed by atoms with Crippen LogP contribution in [0.2, 0.25) is 10.0 Å². The Balaban J connectivity index is 2.21. The lowest BCUT2D eigenvalue weighted by molar-refractivity contribution is -0.161. The highest BCUT2D eigenvalue weighted by molar-refractivity contribution is 7.92. The van der Waals surface area contributed by atoms with Crippen LogP contribution in [0.1, 0.15) is 77.5 Å². The number of sulfone groups is 1. The van der Waals surface area contributed by atoms with E-state index in [-0.39, 0.29) is 24.0 Å². The van der Waals surface area contributed by atoms with Gasteiger partial charge in [0.2, 0.25) is 5.91 Å². The molecule has 1 aliphatic rings. The summed E-state index contributed by atoms with van der Waals surface area (Å²) in [5.74, 6) is -2.17. The molecule has 2 aromatic rings. The number of carboxylic acid groups (broad SMARTS) is 1. The zero-order valence-corrected chi connectivity index (χ0v) is 25.1. The highest BCUT2D eigenvalue weighted by Gasteiger charge is 2.52. The van der Waals surface area contributed by atoms with Crippen molar-refractivity contribution in [2.45, 2.75) is 77.1 Å². The van der Waals surface area contributed by atoms with Crippen molar-refractivity contribution in [3.05, 3.63) is 69.7 Å². The lowest BCUT2D eigenvalue weighted by atomic mass is 9.67. The fourth-order valence-electron chi connectivity index (χ4n) is 5.34. The number of piperidine rings is 1. The normalized spacial score (nSPS) is 24.2. The molecule has 2 aromatic carbocycles. The average molecular weight is 583 g/mol. The number of carbonyl (C=O) groups is 2. The number of halogens is 2. The predicted octanol–water partition coefficient (Wildman–Crippen LogP) is 6.77. The first-order valence-electron chi connectivity index (χ1n) is 12.7. The Morgan fingerprint density at radius 2 is 1.68 bits per heavy atom. The van der Waals surface area contributed by atoms with Crippen LogP contribution < -0.4 is 0 Å². The van der Waals surface area contributed by atoms with Crippen molar-refractivity contribution in [2.75, 3.05) is 5.75 Å². The van der Waals surface area contributed by atoms with E-state index in [2.05, 4.69) is 0 Å². The van der Waals surface area contributed by atoms with Crippen LogP contribution in [0.15, 0.2) is 48.5 Å². The molecule has 1 aliphatic heterocycles. The van der Waals surface area contributed by atoms with E-state index in [1.807, 2.05) is 44.2 Å². The van der Waals surface area contributed by atoms with Gasteiger partial charge in [-0.15, -0.1) is 0 Å². The van der Waals surface area contributed by atoms with E-state index in [0.29, 0.717) is 16.5 Å². The highest BCUT2D eigenvalue weighted by Crippen LogP contribution is 2.52. The lowest BCUT2D eigenvalue weighted by Crippen LogP contribution is -2.57. The third kappa shape index (κ3) is 6.37. The first kappa shape index (κ1) is 30.5. The van der Waals surface area contributed by atoms with Gasteiger partial charge in [-0.1, -0.05) is 61.3 Å². The van der Waals surface area contributed by atoms with Crippen LogP contribution in [0, 0.1) is 11.3 Å². The molecule has 0 saturated carbocycles. The Bertz CT molecular complexity index is 1290. The van der Waals surface area contributed by atoms with E-state index in [0.717, 1.165) is 11.1 Å². The minimum atomic E-state index is -3.47. The van der Waals surface area contributed by atoms with Gasteiger partial charge in [-0.05, 0) is 75.4 Å². The second-order valence-electron chi connectivity index (χ2n) is 11.8.